The third-order valence-electron chi connectivity index (χ3n) is 2.20. The second kappa shape index (κ2) is 4.37. The average molecular weight is 235 g/mol. The number of benzene rings is 1. The maximum Gasteiger partial charge on any atom is 0.149 e. The fourth-order valence-corrected chi connectivity index (χ4v) is 1.46. The molecule has 0 spiro atoms. The van der Waals surface area contributed by atoms with Crippen LogP contribution in [0.1, 0.15) is 5.56 Å². The summed E-state index contributed by atoms with van der Waals surface area (Å²) >= 11 is 6.01. The van der Waals surface area contributed by atoms with Gasteiger partial charge in [-0.3, -0.25) is 0 Å². The topological polar surface area (TPSA) is 63.8 Å². The molecule has 0 amide bonds. The molecule has 1 heterocycles. The van der Waals surface area contributed by atoms with E-state index in [4.69, 9.17) is 17.3 Å². The molecule has 0 aliphatic rings. The molecule has 4 nitrogen and oxygen atoms in total. The zero-order valence-electron chi connectivity index (χ0n) is 8.74. The Labute approximate surface area is 98.5 Å². The van der Waals surface area contributed by atoms with Crippen molar-refractivity contribution in [1.29, 1.82) is 0 Å². The van der Waals surface area contributed by atoms with Crippen LogP contribution in [-0.4, -0.2) is 9.97 Å². The van der Waals surface area contributed by atoms with Crippen LogP contribution in [0.3, 0.4) is 0 Å². The Morgan fingerprint density at radius 2 is 2.06 bits per heavy atom. The lowest BCUT2D eigenvalue weighted by Crippen LogP contribution is -1.98. The molecule has 5 heteroatoms. The van der Waals surface area contributed by atoms with Crippen molar-refractivity contribution >= 4 is 28.9 Å². The van der Waals surface area contributed by atoms with Crippen LogP contribution < -0.4 is 11.1 Å². The SMILES string of the molecule is Cc1c(Cl)cccc1Nc1cnc(N)cn1. The quantitative estimate of drug-likeness (QED) is 0.839. The Hall–Kier alpha value is -1.81. The molecule has 82 valence electrons. The van der Waals surface area contributed by atoms with Gasteiger partial charge in [-0.25, -0.2) is 9.97 Å². The van der Waals surface area contributed by atoms with Crippen LogP contribution in [-0.2, 0) is 0 Å². The Morgan fingerprint density at radius 3 is 2.75 bits per heavy atom. The summed E-state index contributed by atoms with van der Waals surface area (Å²) in [5.74, 6) is 1.04. The number of nitrogen functional groups attached to an aromatic ring is 1. The van der Waals surface area contributed by atoms with Crippen molar-refractivity contribution in [3.05, 3.63) is 41.2 Å². The number of aromatic nitrogens is 2. The second-order valence-electron chi connectivity index (χ2n) is 3.36. The van der Waals surface area contributed by atoms with Gasteiger partial charge in [-0.05, 0) is 24.6 Å². The van der Waals surface area contributed by atoms with E-state index >= 15 is 0 Å². The molecule has 1 aromatic carbocycles. The number of nitrogens with one attached hydrogen (secondary N) is 1. The molecule has 0 saturated heterocycles. The molecule has 2 aromatic rings. The van der Waals surface area contributed by atoms with Crippen molar-refractivity contribution in [2.45, 2.75) is 6.92 Å². The van der Waals surface area contributed by atoms with Crippen molar-refractivity contribution in [3.63, 3.8) is 0 Å². The van der Waals surface area contributed by atoms with Gasteiger partial charge in [0.1, 0.15) is 11.6 Å². The molecule has 0 aliphatic carbocycles. The summed E-state index contributed by atoms with van der Waals surface area (Å²) in [6.07, 6.45) is 3.08. The predicted molar refractivity (Wildman–Crippen MR) is 65.9 cm³/mol. The Balaban J connectivity index is 2.27. The molecule has 16 heavy (non-hydrogen) atoms. The third kappa shape index (κ3) is 2.23. The standard InChI is InChI=1S/C11H11ClN4/c1-7-8(12)3-2-4-9(7)16-11-6-14-10(13)5-15-11/h2-6H,1H3,(H2,13,14)(H,15,16). The van der Waals surface area contributed by atoms with Crippen LogP contribution in [0.15, 0.2) is 30.6 Å². The van der Waals surface area contributed by atoms with Crippen molar-refractivity contribution < 1.29 is 0 Å². The highest BCUT2D eigenvalue weighted by Gasteiger charge is 2.02. The molecule has 0 fully saturated rings. The number of halogens is 1. The molecule has 0 saturated carbocycles. The first kappa shape index (κ1) is 10.7. The van der Waals surface area contributed by atoms with Gasteiger partial charge < -0.3 is 11.1 Å². The van der Waals surface area contributed by atoms with Crippen LogP contribution >= 0.6 is 11.6 Å². The highest BCUT2D eigenvalue weighted by Crippen LogP contribution is 2.25. The number of anilines is 3. The normalized spacial score (nSPS) is 10.1. The van der Waals surface area contributed by atoms with Crippen LogP contribution in [0.5, 0.6) is 0 Å². The van der Waals surface area contributed by atoms with Crippen LogP contribution in [0.25, 0.3) is 0 Å². The summed E-state index contributed by atoms with van der Waals surface area (Å²) in [4.78, 5) is 8.05. The number of rotatable bonds is 2. The first-order chi connectivity index (χ1) is 7.66. The average Bonchev–Trinajstić information content (AvgIpc) is 2.28. The molecular weight excluding hydrogens is 224 g/mol. The van der Waals surface area contributed by atoms with E-state index in [1.807, 2.05) is 25.1 Å². The summed E-state index contributed by atoms with van der Waals surface area (Å²) in [5, 5.41) is 3.84. The van der Waals surface area contributed by atoms with E-state index in [-0.39, 0.29) is 0 Å². The first-order valence-electron chi connectivity index (χ1n) is 4.76. The molecule has 0 aliphatic heterocycles. The van der Waals surface area contributed by atoms with Gasteiger partial charge in [-0.15, -0.1) is 0 Å². The van der Waals surface area contributed by atoms with Crippen LogP contribution in [0.4, 0.5) is 17.3 Å². The maximum atomic E-state index is 6.01. The van der Waals surface area contributed by atoms with E-state index in [1.165, 1.54) is 6.20 Å². The minimum Gasteiger partial charge on any atom is -0.382 e. The van der Waals surface area contributed by atoms with E-state index in [0.29, 0.717) is 16.7 Å². The summed E-state index contributed by atoms with van der Waals surface area (Å²) in [7, 11) is 0. The minimum absolute atomic E-state index is 0.397. The van der Waals surface area contributed by atoms with E-state index in [1.54, 1.807) is 6.20 Å². The number of hydrogen-bond acceptors (Lipinski definition) is 4. The lowest BCUT2D eigenvalue weighted by Gasteiger charge is -2.09. The highest BCUT2D eigenvalue weighted by molar-refractivity contribution is 6.31. The molecule has 3 N–H and O–H groups in total. The van der Waals surface area contributed by atoms with E-state index in [9.17, 15) is 0 Å². The Morgan fingerprint density at radius 1 is 1.25 bits per heavy atom. The molecule has 1 aromatic heterocycles. The van der Waals surface area contributed by atoms with Gasteiger partial charge >= 0.3 is 0 Å². The zero-order valence-corrected chi connectivity index (χ0v) is 9.49. The van der Waals surface area contributed by atoms with Crippen LogP contribution in [0, 0.1) is 6.92 Å². The van der Waals surface area contributed by atoms with Crippen molar-refractivity contribution in [2.75, 3.05) is 11.1 Å². The number of hydrogen-bond donors (Lipinski definition) is 2. The molecule has 2 rings (SSSR count). The summed E-state index contributed by atoms with van der Waals surface area (Å²) in [6, 6.07) is 5.65. The van der Waals surface area contributed by atoms with E-state index in [0.717, 1.165) is 11.3 Å². The smallest absolute Gasteiger partial charge is 0.149 e. The van der Waals surface area contributed by atoms with Gasteiger partial charge in [0, 0.05) is 10.7 Å². The zero-order chi connectivity index (χ0) is 11.5. The van der Waals surface area contributed by atoms with Crippen molar-refractivity contribution in [2.24, 2.45) is 0 Å². The van der Waals surface area contributed by atoms with Gasteiger partial charge in [0.2, 0.25) is 0 Å². The first-order valence-corrected chi connectivity index (χ1v) is 5.14. The van der Waals surface area contributed by atoms with Crippen molar-refractivity contribution in [1.82, 2.24) is 9.97 Å². The summed E-state index contributed by atoms with van der Waals surface area (Å²) in [5.41, 5.74) is 7.34. The monoisotopic (exact) mass is 234 g/mol. The maximum absolute atomic E-state index is 6.01. The van der Waals surface area contributed by atoms with Gasteiger partial charge in [0.15, 0.2) is 0 Å². The minimum atomic E-state index is 0.397. The van der Waals surface area contributed by atoms with E-state index < -0.39 is 0 Å². The Kier molecular flexibility index (Phi) is 2.92. The van der Waals surface area contributed by atoms with Gasteiger partial charge in [0.25, 0.3) is 0 Å². The van der Waals surface area contributed by atoms with Crippen LogP contribution in [0.2, 0.25) is 5.02 Å². The van der Waals surface area contributed by atoms with Crippen molar-refractivity contribution in [3.8, 4) is 0 Å². The molecule has 0 atom stereocenters. The second-order valence-corrected chi connectivity index (χ2v) is 3.77. The summed E-state index contributed by atoms with van der Waals surface area (Å²) in [6.45, 7) is 1.94. The Bertz CT molecular complexity index is 496. The largest absolute Gasteiger partial charge is 0.382 e. The fraction of sp³-hybridized carbons (Fsp3) is 0.0909. The lowest BCUT2D eigenvalue weighted by molar-refractivity contribution is 1.20. The summed E-state index contributed by atoms with van der Waals surface area (Å²) < 4.78 is 0. The molecular formula is C11H11ClN4. The van der Waals surface area contributed by atoms with E-state index in [2.05, 4.69) is 15.3 Å². The predicted octanol–water partition coefficient (Wildman–Crippen LogP) is 2.76. The number of nitrogens with zero attached hydrogens (tertiary/aromatic N) is 2. The fourth-order valence-electron chi connectivity index (χ4n) is 1.28. The van der Waals surface area contributed by atoms with Gasteiger partial charge in [0.05, 0.1) is 12.4 Å². The molecule has 0 unspecified atom stereocenters. The third-order valence-corrected chi connectivity index (χ3v) is 2.61. The molecule has 0 bridgehead atoms. The lowest BCUT2D eigenvalue weighted by atomic mass is 10.2. The highest BCUT2D eigenvalue weighted by atomic mass is 35.5. The number of nitrogens with two attached hydrogens (primary N) is 1. The van der Waals surface area contributed by atoms with Gasteiger partial charge in [-0.2, -0.15) is 0 Å². The molecule has 0 radical (unpaired) electrons. The van der Waals surface area contributed by atoms with Gasteiger partial charge in [-0.1, -0.05) is 17.7 Å².